The summed E-state index contributed by atoms with van der Waals surface area (Å²) in [4.78, 5) is 14.2. The molecular weight excluding hydrogens is 254 g/mol. The van der Waals surface area contributed by atoms with Gasteiger partial charge < -0.3 is 20.7 Å². The molecule has 1 fully saturated rings. The van der Waals surface area contributed by atoms with E-state index in [0.717, 1.165) is 24.2 Å². The minimum absolute atomic E-state index is 0.0149. The Morgan fingerprint density at radius 2 is 2.20 bits per heavy atom. The Hall–Kier alpha value is -1.59. The maximum absolute atomic E-state index is 12.2. The second-order valence-electron chi connectivity index (χ2n) is 5.44. The highest BCUT2D eigenvalue weighted by molar-refractivity contribution is 5.94. The molecule has 1 aliphatic heterocycles. The number of amides is 1. The van der Waals surface area contributed by atoms with Crippen molar-refractivity contribution in [3.63, 3.8) is 0 Å². The smallest absolute Gasteiger partial charge is 0.253 e. The maximum Gasteiger partial charge on any atom is 0.253 e. The quantitative estimate of drug-likeness (QED) is 0.875. The second kappa shape index (κ2) is 6.24. The van der Waals surface area contributed by atoms with Gasteiger partial charge in [0.05, 0.1) is 6.10 Å². The van der Waals surface area contributed by atoms with Crippen molar-refractivity contribution in [2.75, 3.05) is 30.9 Å². The Balaban J connectivity index is 2.03. The summed E-state index contributed by atoms with van der Waals surface area (Å²) in [5, 5.41) is 2.92. The number of nitrogens with one attached hydrogen (secondary N) is 1. The third-order valence-electron chi connectivity index (χ3n) is 3.62. The monoisotopic (exact) mass is 277 g/mol. The van der Waals surface area contributed by atoms with Gasteiger partial charge in [0.15, 0.2) is 0 Å². The summed E-state index contributed by atoms with van der Waals surface area (Å²) in [5.74, 6) is -0.0884. The van der Waals surface area contributed by atoms with Crippen molar-refractivity contribution in [2.45, 2.75) is 32.0 Å². The Bertz CT molecular complexity index is 488. The minimum Gasteiger partial charge on any atom is -0.377 e. The molecule has 1 aliphatic rings. The van der Waals surface area contributed by atoms with Crippen molar-refractivity contribution in [1.29, 1.82) is 0 Å². The Morgan fingerprint density at radius 3 is 2.80 bits per heavy atom. The molecule has 0 bridgehead atoms. The number of rotatable bonds is 4. The highest BCUT2D eigenvalue weighted by Gasteiger charge is 2.29. The van der Waals surface area contributed by atoms with Crippen LogP contribution in [-0.2, 0) is 9.53 Å². The summed E-state index contributed by atoms with van der Waals surface area (Å²) in [6.07, 6.45) is 1.22. The van der Waals surface area contributed by atoms with E-state index in [2.05, 4.69) is 5.32 Å². The number of hydrogen-bond acceptors (Lipinski definition) is 4. The molecule has 0 radical (unpaired) electrons. The fourth-order valence-electron chi connectivity index (χ4n) is 2.46. The van der Waals surface area contributed by atoms with Gasteiger partial charge in [-0.05, 0) is 37.5 Å². The van der Waals surface area contributed by atoms with Gasteiger partial charge >= 0.3 is 0 Å². The lowest BCUT2D eigenvalue weighted by Crippen LogP contribution is -2.29. The molecule has 5 heteroatoms. The Labute approximate surface area is 120 Å². The van der Waals surface area contributed by atoms with Crippen LogP contribution in [0.15, 0.2) is 18.2 Å². The van der Waals surface area contributed by atoms with Crippen LogP contribution in [0.1, 0.15) is 18.4 Å². The van der Waals surface area contributed by atoms with Crippen molar-refractivity contribution in [3.05, 3.63) is 23.8 Å². The van der Waals surface area contributed by atoms with Crippen molar-refractivity contribution in [3.8, 4) is 0 Å². The fraction of sp³-hybridized carbons (Fsp3) is 0.533. The summed E-state index contributed by atoms with van der Waals surface area (Å²) in [6.45, 7) is 2.52. The summed E-state index contributed by atoms with van der Waals surface area (Å²) >= 11 is 0. The maximum atomic E-state index is 12.2. The molecule has 1 amide bonds. The summed E-state index contributed by atoms with van der Waals surface area (Å²) in [6, 6.07) is 5.89. The first kappa shape index (κ1) is 14.8. The molecule has 110 valence electrons. The Morgan fingerprint density at radius 1 is 1.45 bits per heavy atom. The number of carbonyl (C=O) groups is 1. The van der Waals surface area contributed by atoms with Gasteiger partial charge in [0, 0.05) is 32.0 Å². The summed E-state index contributed by atoms with van der Waals surface area (Å²) < 4.78 is 5.60. The predicted octanol–water partition coefficient (Wildman–Crippen LogP) is 1.51. The van der Waals surface area contributed by atoms with E-state index < -0.39 is 0 Å². The lowest BCUT2D eigenvalue weighted by molar-refractivity contribution is -0.126. The van der Waals surface area contributed by atoms with Crippen molar-refractivity contribution < 1.29 is 9.53 Å². The van der Waals surface area contributed by atoms with Gasteiger partial charge in [-0.2, -0.15) is 0 Å². The lowest BCUT2D eigenvalue weighted by Gasteiger charge is -2.18. The molecule has 0 aromatic heterocycles. The molecule has 1 aromatic carbocycles. The van der Waals surface area contributed by atoms with E-state index in [0.29, 0.717) is 6.54 Å². The van der Waals surface area contributed by atoms with Crippen LogP contribution in [0, 0.1) is 6.92 Å². The standard InChI is InChI=1S/C15H23N3O2/c1-10-4-5-11(8-13(10)18(2)3)17-15(19)14-7-6-12(9-16)20-14/h4-5,8,12,14H,6-7,9,16H2,1-3H3,(H,17,19). The molecule has 1 heterocycles. The molecule has 2 rings (SSSR count). The highest BCUT2D eigenvalue weighted by Crippen LogP contribution is 2.24. The number of ether oxygens (including phenoxy) is 1. The SMILES string of the molecule is Cc1ccc(NC(=O)C2CCC(CN)O2)cc1N(C)C. The van der Waals surface area contributed by atoms with Gasteiger partial charge in [-0.3, -0.25) is 4.79 Å². The van der Waals surface area contributed by atoms with Crippen LogP contribution < -0.4 is 16.0 Å². The topological polar surface area (TPSA) is 67.6 Å². The zero-order valence-electron chi connectivity index (χ0n) is 12.3. The molecule has 0 spiro atoms. The lowest BCUT2D eigenvalue weighted by atomic mass is 10.1. The molecule has 1 saturated heterocycles. The van der Waals surface area contributed by atoms with Gasteiger partial charge in [0.2, 0.25) is 0 Å². The van der Waals surface area contributed by atoms with Crippen LogP contribution in [-0.4, -0.2) is 38.8 Å². The average molecular weight is 277 g/mol. The van der Waals surface area contributed by atoms with Gasteiger partial charge in [-0.25, -0.2) is 0 Å². The second-order valence-corrected chi connectivity index (χ2v) is 5.44. The van der Waals surface area contributed by atoms with Crippen LogP contribution in [0.2, 0.25) is 0 Å². The van der Waals surface area contributed by atoms with Crippen LogP contribution >= 0.6 is 0 Å². The number of nitrogens with two attached hydrogens (primary N) is 1. The molecule has 2 unspecified atom stereocenters. The molecule has 5 nitrogen and oxygen atoms in total. The number of nitrogens with zero attached hydrogens (tertiary/aromatic N) is 1. The number of aryl methyl sites for hydroxylation is 1. The zero-order valence-corrected chi connectivity index (χ0v) is 12.3. The summed E-state index contributed by atoms with van der Waals surface area (Å²) in [7, 11) is 3.97. The van der Waals surface area contributed by atoms with Crippen molar-refractivity contribution in [1.82, 2.24) is 0 Å². The molecule has 0 aliphatic carbocycles. The average Bonchev–Trinajstić information content (AvgIpc) is 2.89. The first-order valence-corrected chi connectivity index (χ1v) is 6.95. The van der Waals surface area contributed by atoms with E-state index in [1.165, 1.54) is 5.56 Å². The van der Waals surface area contributed by atoms with Crippen molar-refractivity contribution in [2.24, 2.45) is 5.73 Å². The molecule has 0 saturated carbocycles. The van der Waals surface area contributed by atoms with Gasteiger partial charge in [0.25, 0.3) is 5.91 Å². The third-order valence-corrected chi connectivity index (χ3v) is 3.62. The van der Waals surface area contributed by atoms with Crippen LogP contribution in [0.25, 0.3) is 0 Å². The normalized spacial score (nSPS) is 21.8. The van der Waals surface area contributed by atoms with E-state index in [4.69, 9.17) is 10.5 Å². The molecule has 3 N–H and O–H groups in total. The van der Waals surface area contributed by atoms with E-state index in [1.54, 1.807) is 0 Å². The predicted molar refractivity (Wildman–Crippen MR) is 81.1 cm³/mol. The number of benzene rings is 1. The van der Waals surface area contributed by atoms with Gasteiger partial charge in [0.1, 0.15) is 6.10 Å². The van der Waals surface area contributed by atoms with Crippen LogP contribution in [0.5, 0.6) is 0 Å². The van der Waals surface area contributed by atoms with Gasteiger partial charge in [-0.15, -0.1) is 0 Å². The molecule has 20 heavy (non-hydrogen) atoms. The zero-order chi connectivity index (χ0) is 14.7. The number of hydrogen-bond donors (Lipinski definition) is 2. The van der Waals surface area contributed by atoms with E-state index in [1.807, 2.05) is 44.1 Å². The van der Waals surface area contributed by atoms with E-state index >= 15 is 0 Å². The molecule has 2 atom stereocenters. The largest absolute Gasteiger partial charge is 0.377 e. The van der Waals surface area contributed by atoms with Crippen LogP contribution in [0.4, 0.5) is 11.4 Å². The number of carbonyl (C=O) groups excluding carboxylic acids is 1. The molecule has 1 aromatic rings. The van der Waals surface area contributed by atoms with Crippen LogP contribution in [0.3, 0.4) is 0 Å². The third kappa shape index (κ3) is 3.29. The minimum atomic E-state index is -0.382. The summed E-state index contributed by atoms with van der Waals surface area (Å²) in [5.41, 5.74) is 8.62. The van der Waals surface area contributed by atoms with Gasteiger partial charge in [-0.1, -0.05) is 6.07 Å². The molecular formula is C15H23N3O2. The first-order chi connectivity index (χ1) is 9.51. The number of anilines is 2. The first-order valence-electron chi connectivity index (χ1n) is 6.95. The Kier molecular flexibility index (Phi) is 4.62. The van der Waals surface area contributed by atoms with Crippen molar-refractivity contribution >= 4 is 17.3 Å². The van der Waals surface area contributed by atoms with E-state index in [-0.39, 0.29) is 18.1 Å². The fourth-order valence-corrected chi connectivity index (χ4v) is 2.46. The highest BCUT2D eigenvalue weighted by atomic mass is 16.5. The van der Waals surface area contributed by atoms with E-state index in [9.17, 15) is 4.79 Å².